The minimum Gasteiger partial charge on any atom is -0.744 e. The molecule has 19 heteroatoms. The van der Waals surface area contributed by atoms with Gasteiger partial charge in [-0.25, -0.2) is 16.8 Å². The van der Waals surface area contributed by atoms with Gasteiger partial charge in [-0.3, -0.25) is 31.7 Å². The zero-order valence-corrected chi connectivity index (χ0v) is 18.9. The lowest BCUT2D eigenvalue weighted by atomic mass is 10.3. The lowest BCUT2D eigenvalue weighted by Gasteiger charge is -2.04. The van der Waals surface area contributed by atoms with Gasteiger partial charge < -0.3 is 14.8 Å². The van der Waals surface area contributed by atoms with Crippen LogP contribution < -0.4 is 27.2 Å². The summed E-state index contributed by atoms with van der Waals surface area (Å²) in [5.41, 5.74) is 15.4. The fourth-order valence-corrected chi connectivity index (χ4v) is 2.99. The quantitative estimate of drug-likeness (QED) is 0.208. The molecule has 35 heavy (non-hydrogen) atoms. The molecule has 8 N–H and O–H groups in total. The van der Waals surface area contributed by atoms with E-state index in [-0.39, 0.29) is 11.4 Å². The second-order valence-corrected chi connectivity index (χ2v) is 8.89. The SMILES string of the molecule is Nc1cc(N)[nH+]c(N)[nH+]1.O=[N+]([O-])c1ccc(S(=O)(=O)[O-])cc1.O=[N+]([O-])c1ccc(S(=O)(=O)[O-])cc1. The van der Waals surface area contributed by atoms with Gasteiger partial charge in [0.05, 0.1) is 25.7 Å². The Morgan fingerprint density at radius 3 is 1.11 bits per heavy atom. The molecule has 1 heterocycles. The average Bonchev–Trinajstić information content (AvgIpc) is 2.72. The Bertz CT molecular complexity index is 1280. The standard InChI is InChI=1S/2C6H5NO5S.C4H7N5/c2*8-7(9)5-1-3-6(4-2-5)13(10,11)12;5-2-1-3(6)9-4(7)8-2/h2*1-4H,(H,10,11,12);1H,(H6,5,6,7,8,9). The largest absolute Gasteiger partial charge is 0.744 e. The molecule has 3 rings (SSSR count). The third-order valence-electron chi connectivity index (χ3n) is 3.54. The van der Waals surface area contributed by atoms with Crippen molar-refractivity contribution in [3.63, 3.8) is 0 Å². The molecule has 0 aliphatic rings. The monoisotopic (exact) mass is 531 g/mol. The molecule has 188 valence electrons. The molecule has 0 unspecified atom stereocenters. The summed E-state index contributed by atoms with van der Waals surface area (Å²) in [5, 5.41) is 20.3. The van der Waals surface area contributed by atoms with Crippen LogP contribution in [-0.2, 0) is 20.2 Å². The van der Waals surface area contributed by atoms with E-state index in [2.05, 4.69) is 9.97 Å². The topological polar surface area (TPSA) is 307 Å². The highest BCUT2D eigenvalue weighted by Crippen LogP contribution is 2.15. The van der Waals surface area contributed by atoms with Crippen molar-refractivity contribution in [1.29, 1.82) is 0 Å². The van der Waals surface area contributed by atoms with Gasteiger partial charge in [-0.1, -0.05) is 0 Å². The van der Waals surface area contributed by atoms with E-state index in [1.807, 2.05) is 0 Å². The van der Waals surface area contributed by atoms with Gasteiger partial charge >= 0.3 is 5.95 Å². The molecule has 0 fully saturated rings. The van der Waals surface area contributed by atoms with Crippen molar-refractivity contribution in [3.05, 3.63) is 74.8 Å². The van der Waals surface area contributed by atoms with E-state index < -0.39 is 39.9 Å². The summed E-state index contributed by atoms with van der Waals surface area (Å²) in [4.78, 5) is 23.2. The maximum Gasteiger partial charge on any atom is 0.440 e. The van der Waals surface area contributed by atoms with E-state index in [0.717, 1.165) is 48.5 Å². The number of nitrogen functional groups attached to an aromatic ring is 3. The molecule has 0 aliphatic heterocycles. The summed E-state index contributed by atoms with van der Waals surface area (Å²) >= 11 is 0. The predicted octanol–water partition coefficient (Wildman–Crippen LogP) is -0.941. The third kappa shape index (κ3) is 9.91. The number of aromatic amines is 2. The number of nitrogens with two attached hydrogens (primary N) is 3. The molecule has 0 aliphatic carbocycles. The summed E-state index contributed by atoms with van der Waals surface area (Å²) in [7, 11) is -9.04. The van der Waals surface area contributed by atoms with Gasteiger partial charge in [0.25, 0.3) is 17.2 Å². The van der Waals surface area contributed by atoms with Crippen LogP contribution in [0.5, 0.6) is 0 Å². The first-order valence-corrected chi connectivity index (χ1v) is 11.5. The highest BCUT2D eigenvalue weighted by atomic mass is 32.2. The fraction of sp³-hybridized carbons (Fsp3) is 0. The van der Waals surface area contributed by atoms with Crippen LogP contribution in [0.4, 0.5) is 29.0 Å². The highest BCUT2D eigenvalue weighted by Gasteiger charge is 2.07. The molecule has 0 bridgehead atoms. The number of aromatic nitrogens is 2. The molecule has 0 saturated carbocycles. The average molecular weight is 531 g/mol. The summed E-state index contributed by atoms with van der Waals surface area (Å²) in [6.45, 7) is 0. The Labute approximate surface area is 197 Å². The number of nitrogens with zero attached hydrogens (tertiary/aromatic N) is 2. The van der Waals surface area contributed by atoms with Crippen molar-refractivity contribution >= 4 is 49.2 Å². The zero-order chi connectivity index (χ0) is 27.0. The van der Waals surface area contributed by atoms with E-state index in [0.29, 0.717) is 17.6 Å². The molecule has 0 spiro atoms. The number of benzene rings is 2. The van der Waals surface area contributed by atoms with E-state index in [9.17, 15) is 46.2 Å². The van der Waals surface area contributed by atoms with Crippen LogP contribution >= 0.6 is 0 Å². The zero-order valence-electron chi connectivity index (χ0n) is 17.2. The number of non-ortho nitro benzene ring substituents is 2. The van der Waals surface area contributed by atoms with Crippen LogP contribution in [0, 0.1) is 20.2 Å². The van der Waals surface area contributed by atoms with Gasteiger partial charge in [-0.2, -0.15) is 9.97 Å². The molecular formula is C16H17N7O10S2. The third-order valence-corrected chi connectivity index (χ3v) is 5.24. The second-order valence-electron chi connectivity index (χ2n) is 6.13. The molecular weight excluding hydrogens is 514 g/mol. The molecule has 17 nitrogen and oxygen atoms in total. The van der Waals surface area contributed by atoms with E-state index >= 15 is 0 Å². The van der Waals surface area contributed by atoms with Gasteiger partial charge in [0.1, 0.15) is 20.2 Å². The van der Waals surface area contributed by atoms with E-state index in [1.165, 1.54) is 0 Å². The first kappa shape index (κ1) is 28.6. The second kappa shape index (κ2) is 11.6. The summed E-state index contributed by atoms with van der Waals surface area (Å²) in [6.07, 6.45) is 0. The number of nitrogens with one attached hydrogen (secondary N) is 2. The minimum absolute atomic E-state index is 0.257. The Hall–Kier alpha value is -4.46. The molecule has 0 atom stereocenters. The Balaban J connectivity index is 0.000000267. The molecule has 2 aromatic carbocycles. The summed E-state index contributed by atoms with van der Waals surface area (Å²) in [6, 6.07) is 9.02. The number of anilines is 3. The number of rotatable bonds is 4. The Morgan fingerprint density at radius 1 is 0.629 bits per heavy atom. The van der Waals surface area contributed by atoms with Crippen LogP contribution in [0.1, 0.15) is 0 Å². The van der Waals surface area contributed by atoms with E-state index in [4.69, 9.17) is 17.2 Å². The first-order chi connectivity index (χ1) is 16.0. The van der Waals surface area contributed by atoms with Gasteiger partial charge in [0.15, 0.2) is 0 Å². The van der Waals surface area contributed by atoms with Crippen molar-refractivity contribution in [2.24, 2.45) is 0 Å². The number of hydrogen-bond acceptors (Lipinski definition) is 13. The maximum absolute atomic E-state index is 10.4. The van der Waals surface area contributed by atoms with Crippen molar-refractivity contribution in [2.45, 2.75) is 9.79 Å². The van der Waals surface area contributed by atoms with Crippen molar-refractivity contribution in [1.82, 2.24) is 0 Å². The van der Waals surface area contributed by atoms with Crippen molar-refractivity contribution in [2.75, 3.05) is 17.2 Å². The van der Waals surface area contributed by atoms with Crippen LogP contribution in [0.15, 0.2) is 64.4 Å². The van der Waals surface area contributed by atoms with Gasteiger partial charge in [-0.05, 0) is 24.3 Å². The highest BCUT2D eigenvalue weighted by molar-refractivity contribution is 7.86. The van der Waals surface area contributed by atoms with Crippen LogP contribution in [0.3, 0.4) is 0 Å². The van der Waals surface area contributed by atoms with Crippen LogP contribution in [0.2, 0.25) is 0 Å². The van der Waals surface area contributed by atoms with Crippen LogP contribution in [0.25, 0.3) is 0 Å². The van der Waals surface area contributed by atoms with Gasteiger partial charge in [0, 0.05) is 24.3 Å². The summed E-state index contributed by atoms with van der Waals surface area (Å²) in [5.74, 6) is 1.25. The number of nitro benzene ring substituents is 2. The lowest BCUT2D eigenvalue weighted by Crippen LogP contribution is -2.28. The minimum atomic E-state index is -4.52. The fourth-order valence-electron chi connectivity index (χ4n) is 2.05. The summed E-state index contributed by atoms with van der Waals surface area (Å²) < 4.78 is 62.3. The number of H-pyrrole nitrogens is 2. The molecule has 1 aromatic heterocycles. The number of nitro groups is 2. The molecule has 0 saturated heterocycles. The molecule has 0 amide bonds. The van der Waals surface area contributed by atoms with Crippen molar-refractivity contribution < 1.29 is 45.8 Å². The maximum atomic E-state index is 10.4. The van der Waals surface area contributed by atoms with Crippen molar-refractivity contribution in [3.8, 4) is 0 Å². The van der Waals surface area contributed by atoms with Crippen LogP contribution in [-0.4, -0.2) is 35.8 Å². The number of hydrogen-bond donors (Lipinski definition) is 3. The smallest absolute Gasteiger partial charge is 0.440 e. The normalized spacial score (nSPS) is 10.7. The first-order valence-electron chi connectivity index (χ1n) is 8.67. The molecule has 0 radical (unpaired) electrons. The Kier molecular flexibility index (Phi) is 9.47. The van der Waals surface area contributed by atoms with Gasteiger partial charge in [0.2, 0.25) is 5.82 Å². The van der Waals surface area contributed by atoms with E-state index in [1.54, 1.807) is 6.07 Å². The predicted molar refractivity (Wildman–Crippen MR) is 115 cm³/mol. The Morgan fingerprint density at radius 2 is 0.914 bits per heavy atom. The van der Waals surface area contributed by atoms with Gasteiger partial charge in [-0.15, -0.1) is 0 Å². The lowest BCUT2D eigenvalue weighted by molar-refractivity contribution is -0.483. The molecule has 3 aromatic rings.